The van der Waals surface area contributed by atoms with Gasteiger partial charge in [0.2, 0.25) is 5.91 Å². The molecule has 1 fully saturated rings. The molecule has 27 heavy (non-hydrogen) atoms. The number of likely N-dealkylation sites (tertiary alicyclic amines) is 1. The molecule has 0 N–H and O–H groups in total. The van der Waals surface area contributed by atoms with E-state index in [2.05, 4.69) is 0 Å². The molecule has 1 heterocycles. The van der Waals surface area contributed by atoms with Crippen molar-refractivity contribution in [1.82, 2.24) is 9.80 Å². The maximum absolute atomic E-state index is 13.0. The molecule has 1 aliphatic rings. The zero-order chi connectivity index (χ0) is 19.8. The minimum atomic E-state index is -0.172. The van der Waals surface area contributed by atoms with Crippen LogP contribution in [0.1, 0.15) is 30.1 Å². The zero-order valence-corrected chi connectivity index (χ0v) is 16.7. The van der Waals surface area contributed by atoms with Gasteiger partial charge >= 0.3 is 0 Å². The lowest BCUT2D eigenvalue weighted by Crippen LogP contribution is -2.46. The second-order valence-electron chi connectivity index (χ2n) is 6.64. The van der Waals surface area contributed by atoms with Crippen LogP contribution in [-0.2, 0) is 9.53 Å². The fourth-order valence-corrected chi connectivity index (χ4v) is 3.27. The van der Waals surface area contributed by atoms with E-state index in [9.17, 15) is 9.59 Å². The van der Waals surface area contributed by atoms with Crippen molar-refractivity contribution in [3.63, 3.8) is 0 Å². The second kappa shape index (κ2) is 10.2. The van der Waals surface area contributed by atoms with E-state index in [4.69, 9.17) is 14.2 Å². The summed E-state index contributed by atoms with van der Waals surface area (Å²) in [7, 11) is 4.96. The molecule has 0 spiro atoms. The summed E-state index contributed by atoms with van der Waals surface area (Å²) in [5, 5.41) is 0. The highest BCUT2D eigenvalue weighted by molar-refractivity contribution is 5.95. The first-order chi connectivity index (χ1) is 13.0. The third-order valence-electron chi connectivity index (χ3n) is 4.78. The second-order valence-corrected chi connectivity index (χ2v) is 6.64. The van der Waals surface area contributed by atoms with Crippen molar-refractivity contribution in [2.75, 3.05) is 54.1 Å². The fraction of sp³-hybridized carbons (Fsp3) is 0.600. The van der Waals surface area contributed by atoms with Gasteiger partial charge in [0.25, 0.3) is 5.91 Å². The predicted molar refractivity (Wildman–Crippen MR) is 102 cm³/mol. The lowest BCUT2D eigenvalue weighted by molar-refractivity contribution is -0.136. The average molecular weight is 378 g/mol. The Balaban J connectivity index is 2.08. The molecule has 0 radical (unpaired) electrons. The van der Waals surface area contributed by atoms with Crippen LogP contribution in [0.25, 0.3) is 0 Å². The van der Waals surface area contributed by atoms with E-state index in [0.717, 1.165) is 12.8 Å². The maximum Gasteiger partial charge on any atom is 0.254 e. The Kier molecular flexibility index (Phi) is 7.91. The molecule has 150 valence electrons. The molecular formula is C20H30N2O5. The van der Waals surface area contributed by atoms with Crippen molar-refractivity contribution >= 4 is 11.8 Å². The number of carbonyl (C=O) groups excluding carboxylic acids is 2. The summed E-state index contributed by atoms with van der Waals surface area (Å²) in [5.74, 6) is 0.953. The quantitative estimate of drug-likeness (QED) is 0.693. The van der Waals surface area contributed by atoms with Crippen LogP contribution < -0.4 is 9.47 Å². The molecule has 1 aliphatic heterocycles. The van der Waals surface area contributed by atoms with Gasteiger partial charge in [0.1, 0.15) is 0 Å². The average Bonchev–Trinajstić information content (AvgIpc) is 2.71. The molecule has 2 rings (SSSR count). The largest absolute Gasteiger partial charge is 0.493 e. The topological polar surface area (TPSA) is 68.3 Å². The van der Waals surface area contributed by atoms with Gasteiger partial charge in [-0.15, -0.1) is 0 Å². The van der Waals surface area contributed by atoms with Crippen LogP contribution in [-0.4, -0.2) is 75.7 Å². The highest BCUT2D eigenvalue weighted by Crippen LogP contribution is 2.29. The first-order valence-corrected chi connectivity index (χ1v) is 9.35. The molecule has 0 unspecified atom stereocenters. The number of hydrogen-bond acceptors (Lipinski definition) is 5. The minimum absolute atomic E-state index is 0.0642. The van der Waals surface area contributed by atoms with Crippen LogP contribution in [0.3, 0.4) is 0 Å². The Labute approximate surface area is 161 Å². The molecule has 2 amide bonds. The molecule has 0 aromatic heterocycles. The summed E-state index contributed by atoms with van der Waals surface area (Å²) in [6.07, 6.45) is 1.61. The third kappa shape index (κ3) is 5.35. The van der Waals surface area contributed by atoms with E-state index in [0.29, 0.717) is 49.9 Å². The van der Waals surface area contributed by atoms with Gasteiger partial charge in [-0.25, -0.2) is 0 Å². The Hall–Kier alpha value is -2.28. The Bertz CT molecular complexity index is 649. The van der Waals surface area contributed by atoms with E-state index in [1.54, 1.807) is 49.3 Å². The van der Waals surface area contributed by atoms with Gasteiger partial charge in [0.05, 0.1) is 26.2 Å². The van der Waals surface area contributed by atoms with Crippen LogP contribution in [0, 0.1) is 5.92 Å². The molecule has 0 aliphatic carbocycles. The maximum atomic E-state index is 13.0. The van der Waals surface area contributed by atoms with E-state index in [-0.39, 0.29) is 17.7 Å². The van der Waals surface area contributed by atoms with E-state index in [1.165, 1.54) is 0 Å². The minimum Gasteiger partial charge on any atom is -0.493 e. The number of rotatable bonds is 8. The van der Waals surface area contributed by atoms with Gasteiger partial charge in [-0.1, -0.05) is 0 Å². The van der Waals surface area contributed by atoms with Gasteiger partial charge in [-0.05, 0) is 38.0 Å². The van der Waals surface area contributed by atoms with Crippen molar-refractivity contribution in [2.24, 2.45) is 5.92 Å². The Morgan fingerprint density at radius 1 is 1.26 bits per heavy atom. The summed E-state index contributed by atoms with van der Waals surface area (Å²) in [5.41, 5.74) is 0.542. The molecule has 0 bridgehead atoms. The SMILES string of the molecule is CCOc1cc(C(=O)N2CCC[C@H](C(=O)N(C)CCOC)C2)ccc1OC. The number of likely N-dealkylation sites (N-methyl/N-ethyl adjacent to an activating group) is 1. The summed E-state index contributed by atoms with van der Waals surface area (Å²) in [4.78, 5) is 29.0. The first-order valence-electron chi connectivity index (χ1n) is 9.35. The van der Waals surface area contributed by atoms with E-state index < -0.39 is 0 Å². The number of benzene rings is 1. The predicted octanol–water partition coefficient (Wildman–Crippen LogP) is 2.05. The van der Waals surface area contributed by atoms with Crippen molar-refractivity contribution in [3.05, 3.63) is 23.8 Å². The van der Waals surface area contributed by atoms with Crippen LogP contribution in [0.2, 0.25) is 0 Å². The molecule has 1 aromatic carbocycles. The van der Waals surface area contributed by atoms with Gasteiger partial charge in [-0.2, -0.15) is 0 Å². The molecular weight excluding hydrogens is 348 g/mol. The third-order valence-corrected chi connectivity index (χ3v) is 4.78. The molecule has 7 heteroatoms. The van der Waals surface area contributed by atoms with Crippen LogP contribution in [0.4, 0.5) is 0 Å². The number of nitrogens with zero attached hydrogens (tertiary/aromatic N) is 2. The summed E-state index contributed by atoms with van der Waals surface area (Å²) in [6, 6.07) is 5.18. The van der Waals surface area contributed by atoms with Gasteiger partial charge in [0.15, 0.2) is 11.5 Å². The van der Waals surface area contributed by atoms with Gasteiger partial charge in [0, 0.05) is 39.4 Å². The highest BCUT2D eigenvalue weighted by Gasteiger charge is 2.30. The molecule has 7 nitrogen and oxygen atoms in total. The number of hydrogen-bond donors (Lipinski definition) is 0. The van der Waals surface area contributed by atoms with Gasteiger partial charge in [-0.3, -0.25) is 9.59 Å². The summed E-state index contributed by atoms with van der Waals surface area (Å²) in [6.45, 7) is 4.52. The Morgan fingerprint density at radius 3 is 2.70 bits per heavy atom. The number of amides is 2. The highest BCUT2D eigenvalue weighted by atomic mass is 16.5. The summed E-state index contributed by atoms with van der Waals surface area (Å²) >= 11 is 0. The lowest BCUT2D eigenvalue weighted by Gasteiger charge is -2.34. The van der Waals surface area contributed by atoms with Crippen LogP contribution >= 0.6 is 0 Å². The molecule has 1 atom stereocenters. The number of ether oxygens (including phenoxy) is 3. The first kappa shape index (κ1) is 21.0. The van der Waals surface area contributed by atoms with Crippen LogP contribution in [0.5, 0.6) is 11.5 Å². The van der Waals surface area contributed by atoms with Crippen molar-refractivity contribution in [3.8, 4) is 11.5 Å². The van der Waals surface area contributed by atoms with E-state index >= 15 is 0 Å². The molecule has 0 saturated carbocycles. The smallest absolute Gasteiger partial charge is 0.254 e. The van der Waals surface area contributed by atoms with Gasteiger partial charge < -0.3 is 24.0 Å². The Morgan fingerprint density at radius 2 is 2.04 bits per heavy atom. The monoisotopic (exact) mass is 378 g/mol. The lowest BCUT2D eigenvalue weighted by atomic mass is 9.96. The van der Waals surface area contributed by atoms with Crippen molar-refractivity contribution in [1.29, 1.82) is 0 Å². The number of methoxy groups -OCH3 is 2. The number of carbonyl (C=O) groups is 2. The number of piperidine rings is 1. The summed E-state index contributed by atoms with van der Waals surface area (Å²) < 4.78 is 15.9. The fourth-order valence-electron chi connectivity index (χ4n) is 3.27. The normalized spacial score (nSPS) is 16.7. The molecule has 1 aromatic rings. The standard InChI is InChI=1S/C20H30N2O5/c1-5-27-18-13-15(8-9-17(18)26-4)20(24)22-10-6-7-16(14-22)19(23)21(2)11-12-25-3/h8-9,13,16H,5-7,10-12,14H2,1-4H3/t16-/m0/s1. The molecule has 1 saturated heterocycles. The van der Waals surface area contributed by atoms with Crippen molar-refractivity contribution in [2.45, 2.75) is 19.8 Å². The zero-order valence-electron chi connectivity index (χ0n) is 16.7. The van der Waals surface area contributed by atoms with E-state index in [1.807, 2.05) is 6.92 Å². The van der Waals surface area contributed by atoms with Crippen molar-refractivity contribution < 1.29 is 23.8 Å². The van der Waals surface area contributed by atoms with Crippen LogP contribution in [0.15, 0.2) is 18.2 Å².